The van der Waals surface area contributed by atoms with Crippen molar-refractivity contribution in [1.82, 2.24) is 5.32 Å². The number of hydrogen-bond acceptors (Lipinski definition) is 3. The van der Waals surface area contributed by atoms with E-state index in [1.165, 1.54) is 5.54 Å². The monoisotopic (exact) mass is 275 g/mol. The molecule has 0 saturated carbocycles. The highest BCUT2D eigenvalue weighted by Gasteiger charge is 2.06. The van der Waals surface area contributed by atoms with Crippen LogP contribution in [0.3, 0.4) is 0 Å². The Morgan fingerprint density at radius 3 is 2.82 bits per heavy atom. The molecule has 0 heterocycles. The van der Waals surface area contributed by atoms with Gasteiger partial charge in [-0.3, -0.25) is 0 Å². The molecule has 1 aromatic rings. The second kappa shape index (κ2) is 7.43. The average Bonchev–Trinajstić information content (AvgIpc) is 2.37. The molecule has 1 rings (SSSR count). The minimum absolute atomic E-state index is 0.245. The predicted octanol–water partition coefficient (Wildman–Crippen LogP) is 3.11. The summed E-state index contributed by atoms with van der Waals surface area (Å²) in [5, 5.41) is 3.52. The van der Waals surface area contributed by atoms with Crippen LogP contribution < -0.4 is 14.8 Å². The molecule has 0 spiro atoms. The fourth-order valence-corrected chi connectivity index (χ4v) is 1.43. The number of benzene rings is 1. The van der Waals surface area contributed by atoms with Gasteiger partial charge in [0.2, 0.25) is 0 Å². The molecule has 0 aromatic heterocycles. The molecular formula is C12H15Cl2NO2. The van der Waals surface area contributed by atoms with E-state index in [1.807, 2.05) is 25.2 Å². The average molecular weight is 276 g/mol. The lowest BCUT2D eigenvalue weighted by Crippen LogP contribution is -2.08. The molecule has 0 amide bonds. The molecule has 0 aliphatic heterocycles. The van der Waals surface area contributed by atoms with Crippen molar-refractivity contribution in [2.75, 3.05) is 20.8 Å². The van der Waals surface area contributed by atoms with Crippen molar-refractivity contribution in [2.45, 2.75) is 6.54 Å². The van der Waals surface area contributed by atoms with E-state index in [9.17, 15) is 0 Å². The van der Waals surface area contributed by atoms with Crippen LogP contribution in [0.5, 0.6) is 11.5 Å². The number of nitrogens with one attached hydrogen (secondary N) is 1. The molecule has 1 N–H and O–H groups in total. The summed E-state index contributed by atoms with van der Waals surface area (Å²) in [6, 6.07) is 5.66. The third-order valence-electron chi connectivity index (χ3n) is 2.13. The normalized spacial score (nSPS) is 11.4. The summed E-state index contributed by atoms with van der Waals surface area (Å²) in [6.45, 7) is 0.955. The summed E-state index contributed by atoms with van der Waals surface area (Å²) in [5.74, 6) is 1.47. The van der Waals surface area contributed by atoms with Crippen molar-refractivity contribution in [2.24, 2.45) is 0 Å². The first-order valence-corrected chi connectivity index (χ1v) is 5.91. The second-order valence-electron chi connectivity index (χ2n) is 3.35. The summed E-state index contributed by atoms with van der Waals surface area (Å²) in [6.07, 6.45) is 0. The van der Waals surface area contributed by atoms with Gasteiger partial charge in [0.1, 0.15) is 18.1 Å². The Morgan fingerprint density at radius 2 is 2.24 bits per heavy atom. The summed E-state index contributed by atoms with van der Waals surface area (Å²) in [7, 11) is 3.49. The third kappa shape index (κ3) is 4.46. The van der Waals surface area contributed by atoms with E-state index < -0.39 is 0 Å². The molecule has 0 unspecified atom stereocenters. The van der Waals surface area contributed by atoms with Crippen LogP contribution in [0.25, 0.3) is 0 Å². The Bertz CT molecular complexity index is 394. The molecular weight excluding hydrogens is 261 g/mol. The summed E-state index contributed by atoms with van der Waals surface area (Å²) < 4.78 is 10.7. The van der Waals surface area contributed by atoms with Gasteiger partial charge in [0.05, 0.1) is 12.1 Å². The molecule has 3 nitrogen and oxygen atoms in total. The van der Waals surface area contributed by atoms with Crippen LogP contribution >= 0.6 is 23.2 Å². The topological polar surface area (TPSA) is 30.5 Å². The fraction of sp³-hybridized carbons (Fsp3) is 0.333. The van der Waals surface area contributed by atoms with E-state index in [4.69, 9.17) is 32.7 Å². The van der Waals surface area contributed by atoms with Gasteiger partial charge in [0.25, 0.3) is 0 Å². The van der Waals surface area contributed by atoms with Gasteiger partial charge in [-0.15, -0.1) is 0 Å². The van der Waals surface area contributed by atoms with Gasteiger partial charge in [-0.25, -0.2) is 0 Å². The van der Waals surface area contributed by atoms with Gasteiger partial charge in [0.15, 0.2) is 0 Å². The number of rotatable bonds is 6. The smallest absolute Gasteiger partial charge is 0.128 e. The van der Waals surface area contributed by atoms with Gasteiger partial charge in [-0.1, -0.05) is 29.3 Å². The van der Waals surface area contributed by atoms with Crippen LogP contribution in [-0.4, -0.2) is 20.8 Å². The standard InChI is InChI=1S/C12H15Cl2NO2/c1-15-7-9-3-4-11(16-2)5-12(9)17-8-10(14)6-13/h3-6,15H,7-8H2,1-2H3. The molecule has 94 valence electrons. The molecule has 0 saturated heterocycles. The Balaban J connectivity index is 2.84. The van der Waals surface area contributed by atoms with Crippen LogP contribution in [0.4, 0.5) is 0 Å². The number of methoxy groups -OCH3 is 1. The van der Waals surface area contributed by atoms with E-state index in [-0.39, 0.29) is 6.61 Å². The summed E-state index contributed by atoms with van der Waals surface area (Å²) in [4.78, 5) is 0. The van der Waals surface area contributed by atoms with Crippen LogP contribution in [0.1, 0.15) is 5.56 Å². The maximum absolute atomic E-state index is 5.78. The first-order valence-electron chi connectivity index (χ1n) is 5.10. The number of halogens is 2. The lowest BCUT2D eigenvalue weighted by Gasteiger charge is -2.12. The van der Waals surface area contributed by atoms with Gasteiger partial charge in [-0.05, 0) is 13.1 Å². The minimum Gasteiger partial charge on any atom is -0.497 e. The Hall–Kier alpha value is -0.900. The molecule has 17 heavy (non-hydrogen) atoms. The quantitative estimate of drug-likeness (QED) is 0.866. The van der Waals surface area contributed by atoms with Crippen LogP contribution in [-0.2, 0) is 6.54 Å². The first-order chi connectivity index (χ1) is 8.21. The van der Waals surface area contributed by atoms with E-state index in [2.05, 4.69) is 5.32 Å². The van der Waals surface area contributed by atoms with E-state index >= 15 is 0 Å². The van der Waals surface area contributed by atoms with Crippen LogP contribution in [0.15, 0.2) is 28.8 Å². The zero-order chi connectivity index (χ0) is 12.7. The zero-order valence-electron chi connectivity index (χ0n) is 9.80. The maximum atomic E-state index is 5.78. The van der Waals surface area contributed by atoms with Crippen molar-refractivity contribution < 1.29 is 9.47 Å². The van der Waals surface area contributed by atoms with Crippen LogP contribution in [0, 0.1) is 0 Å². The number of hydrogen-bond donors (Lipinski definition) is 1. The van der Waals surface area contributed by atoms with Gasteiger partial charge < -0.3 is 14.8 Å². The first kappa shape index (κ1) is 14.2. The van der Waals surface area contributed by atoms with Gasteiger partial charge in [0, 0.05) is 23.7 Å². The number of ether oxygens (including phenoxy) is 2. The van der Waals surface area contributed by atoms with Crippen molar-refractivity contribution in [3.8, 4) is 11.5 Å². The molecule has 0 aliphatic rings. The Labute approximate surface area is 111 Å². The fourth-order valence-electron chi connectivity index (χ4n) is 1.31. The minimum atomic E-state index is 0.245. The highest BCUT2D eigenvalue weighted by atomic mass is 35.5. The Kier molecular flexibility index (Phi) is 6.19. The largest absolute Gasteiger partial charge is 0.497 e. The van der Waals surface area contributed by atoms with Crippen molar-refractivity contribution in [3.05, 3.63) is 34.3 Å². The molecule has 0 fully saturated rings. The predicted molar refractivity (Wildman–Crippen MR) is 71.0 cm³/mol. The second-order valence-corrected chi connectivity index (χ2v) is 4.05. The van der Waals surface area contributed by atoms with E-state index in [1.54, 1.807) is 7.11 Å². The van der Waals surface area contributed by atoms with E-state index in [0.29, 0.717) is 11.6 Å². The highest BCUT2D eigenvalue weighted by Crippen LogP contribution is 2.25. The molecule has 0 aliphatic carbocycles. The molecule has 5 heteroatoms. The summed E-state index contributed by atoms with van der Waals surface area (Å²) >= 11 is 11.2. The maximum Gasteiger partial charge on any atom is 0.128 e. The van der Waals surface area contributed by atoms with Gasteiger partial charge in [-0.2, -0.15) is 0 Å². The lowest BCUT2D eigenvalue weighted by atomic mass is 10.2. The Morgan fingerprint density at radius 1 is 1.47 bits per heavy atom. The van der Waals surface area contributed by atoms with Crippen molar-refractivity contribution >= 4 is 23.2 Å². The van der Waals surface area contributed by atoms with Crippen molar-refractivity contribution in [3.63, 3.8) is 0 Å². The summed E-state index contributed by atoms with van der Waals surface area (Å²) in [5.41, 5.74) is 2.33. The van der Waals surface area contributed by atoms with Gasteiger partial charge >= 0.3 is 0 Å². The molecule has 0 bridgehead atoms. The lowest BCUT2D eigenvalue weighted by molar-refractivity contribution is 0.349. The molecule has 0 atom stereocenters. The zero-order valence-corrected chi connectivity index (χ0v) is 11.3. The highest BCUT2D eigenvalue weighted by molar-refractivity contribution is 6.36. The molecule has 1 aromatic carbocycles. The SMILES string of the molecule is CNCc1ccc(OC)cc1OCC(Cl)=CCl. The van der Waals surface area contributed by atoms with E-state index in [0.717, 1.165) is 17.1 Å². The van der Waals surface area contributed by atoms with Crippen LogP contribution in [0.2, 0.25) is 0 Å². The third-order valence-corrected chi connectivity index (χ3v) is 2.72. The molecule has 0 radical (unpaired) electrons. The van der Waals surface area contributed by atoms with Crippen molar-refractivity contribution in [1.29, 1.82) is 0 Å².